The van der Waals surface area contributed by atoms with Gasteiger partial charge in [0.1, 0.15) is 0 Å². The normalized spacial score (nSPS) is 15.4. The van der Waals surface area contributed by atoms with Crippen LogP contribution in [0.3, 0.4) is 0 Å². The van der Waals surface area contributed by atoms with Gasteiger partial charge in [0.15, 0.2) is 5.75 Å². The molecule has 1 fully saturated rings. The lowest BCUT2D eigenvalue weighted by Gasteiger charge is -2.12. The molecule has 2 aromatic carbocycles. The number of hydrogen-bond donors (Lipinski definition) is 1. The molecule has 1 aliphatic heterocycles. The second-order valence-corrected chi connectivity index (χ2v) is 7.14. The molecule has 0 saturated carbocycles. The molecular weight excluding hydrogens is 408 g/mol. The number of hydrogen-bond acceptors (Lipinski definition) is 7. The van der Waals surface area contributed by atoms with Crippen molar-refractivity contribution in [3.63, 3.8) is 0 Å². The number of nitro benzene ring substituents is 1. The van der Waals surface area contributed by atoms with Crippen molar-refractivity contribution in [3.05, 3.63) is 67.6 Å². The predicted molar refractivity (Wildman–Crippen MR) is 104 cm³/mol. The lowest BCUT2D eigenvalue weighted by Crippen LogP contribution is -2.27. The molecule has 1 N–H and O–H groups in total. The minimum atomic E-state index is -0.720. The molecule has 10 heteroatoms. The van der Waals surface area contributed by atoms with Crippen LogP contribution in [-0.2, 0) is 11.3 Å². The fraction of sp³-hybridized carbons (Fsp3) is 0.111. The van der Waals surface area contributed by atoms with Crippen molar-refractivity contribution >= 4 is 46.3 Å². The first kappa shape index (κ1) is 19.7. The third-order valence-electron chi connectivity index (χ3n) is 3.94. The average molecular weight is 421 g/mol. The molecule has 2 amide bonds. The van der Waals surface area contributed by atoms with E-state index in [2.05, 4.69) is 0 Å². The molecule has 1 heterocycles. The zero-order chi connectivity index (χ0) is 20.4. The number of halogens is 1. The van der Waals surface area contributed by atoms with Crippen molar-refractivity contribution in [2.45, 2.75) is 6.54 Å². The Morgan fingerprint density at radius 3 is 2.54 bits per heavy atom. The predicted octanol–water partition coefficient (Wildman–Crippen LogP) is 4.20. The third-order valence-corrected chi connectivity index (χ3v) is 5.10. The maximum absolute atomic E-state index is 12.6. The van der Waals surface area contributed by atoms with E-state index >= 15 is 0 Å². The van der Waals surface area contributed by atoms with Gasteiger partial charge < -0.3 is 9.84 Å². The molecule has 0 unspecified atom stereocenters. The van der Waals surface area contributed by atoms with Crippen molar-refractivity contribution in [2.75, 3.05) is 7.11 Å². The summed E-state index contributed by atoms with van der Waals surface area (Å²) < 4.78 is 4.90. The fourth-order valence-electron chi connectivity index (χ4n) is 2.63. The molecular formula is C18H13ClN2O6S. The van der Waals surface area contributed by atoms with Gasteiger partial charge in [-0.15, -0.1) is 0 Å². The number of nitrogens with zero attached hydrogens (tertiary/aromatic N) is 2. The largest absolute Gasteiger partial charge is 0.504 e. The van der Waals surface area contributed by atoms with Crippen LogP contribution < -0.4 is 4.74 Å². The van der Waals surface area contributed by atoms with E-state index in [0.29, 0.717) is 22.3 Å². The summed E-state index contributed by atoms with van der Waals surface area (Å²) in [6.45, 7) is 0.0557. The van der Waals surface area contributed by atoms with E-state index in [1.165, 1.54) is 25.3 Å². The molecule has 8 nitrogen and oxygen atoms in total. The molecule has 0 bridgehead atoms. The Morgan fingerprint density at radius 1 is 1.25 bits per heavy atom. The standard InChI is InChI=1S/C18H13ClN2O6S/c1-27-16-13(22)7-4-11(15(16)21(25)26)8-14-17(23)20(18(24)28-14)9-10-2-5-12(19)6-3-10/h2-8,22H,9H2,1H3/b14-8-. The fourth-order valence-corrected chi connectivity index (χ4v) is 3.59. The zero-order valence-electron chi connectivity index (χ0n) is 14.4. The lowest BCUT2D eigenvalue weighted by atomic mass is 10.1. The second-order valence-electron chi connectivity index (χ2n) is 5.71. The summed E-state index contributed by atoms with van der Waals surface area (Å²) in [7, 11) is 1.19. The first-order valence-corrected chi connectivity index (χ1v) is 9.05. The van der Waals surface area contributed by atoms with Gasteiger partial charge in [-0.05, 0) is 47.7 Å². The van der Waals surface area contributed by atoms with Crippen LogP contribution in [0.4, 0.5) is 10.5 Å². The lowest BCUT2D eigenvalue weighted by molar-refractivity contribution is -0.386. The first-order chi connectivity index (χ1) is 13.3. The van der Waals surface area contributed by atoms with Crippen LogP contribution in [0, 0.1) is 10.1 Å². The molecule has 0 spiro atoms. The highest BCUT2D eigenvalue weighted by atomic mass is 35.5. The second kappa shape index (κ2) is 7.91. The molecule has 1 saturated heterocycles. The quantitative estimate of drug-likeness (QED) is 0.438. The average Bonchev–Trinajstić information content (AvgIpc) is 2.91. The number of carbonyl (C=O) groups excluding carboxylic acids is 2. The number of methoxy groups -OCH3 is 1. The SMILES string of the molecule is COc1c(O)ccc(/C=C2\SC(=O)N(Cc3ccc(Cl)cc3)C2=O)c1[N+](=O)[O-]. The van der Waals surface area contributed by atoms with Crippen LogP contribution in [0.25, 0.3) is 6.08 Å². The summed E-state index contributed by atoms with van der Waals surface area (Å²) >= 11 is 6.52. The topological polar surface area (TPSA) is 110 Å². The zero-order valence-corrected chi connectivity index (χ0v) is 16.0. The monoisotopic (exact) mass is 420 g/mol. The Hall–Kier alpha value is -3.04. The molecule has 2 aromatic rings. The van der Waals surface area contributed by atoms with E-state index in [0.717, 1.165) is 4.90 Å². The van der Waals surface area contributed by atoms with Gasteiger partial charge in [0.05, 0.1) is 29.0 Å². The van der Waals surface area contributed by atoms with E-state index in [9.17, 15) is 24.8 Å². The Kier molecular flexibility index (Phi) is 5.57. The number of nitro groups is 1. The van der Waals surface area contributed by atoms with Crippen LogP contribution >= 0.6 is 23.4 Å². The summed E-state index contributed by atoms with van der Waals surface area (Å²) in [5.74, 6) is -1.28. The van der Waals surface area contributed by atoms with E-state index in [1.807, 2.05) is 0 Å². The van der Waals surface area contributed by atoms with Crippen LogP contribution in [-0.4, -0.2) is 33.2 Å². The van der Waals surface area contributed by atoms with Gasteiger partial charge in [0, 0.05) is 5.02 Å². The van der Waals surface area contributed by atoms with Crippen LogP contribution in [0.2, 0.25) is 5.02 Å². The smallest absolute Gasteiger partial charge is 0.322 e. The number of benzene rings is 2. The van der Waals surface area contributed by atoms with Crippen molar-refractivity contribution in [2.24, 2.45) is 0 Å². The number of phenols is 1. The van der Waals surface area contributed by atoms with Crippen LogP contribution in [0.1, 0.15) is 11.1 Å². The van der Waals surface area contributed by atoms with Crippen molar-refractivity contribution in [1.82, 2.24) is 4.90 Å². The molecule has 0 aliphatic carbocycles. The Morgan fingerprint density at radius 2 is 1.93 bits per heavy atom. The van der Waals surface area contributed by atoms with Gasteiger partial charge in [-0.25, -0.2) is 0 Å². The number of phenolic OH excluding ortho intramolecular Hbond substituents is 1. The van der Waals surface area contributed by atoms with Gasteiger partial charge in [0.2, 0.25) is 5.75 Å². The Balaban J connectivity index is 1.94. The van der Waals surface area contributed by atoms with Crippen molar-refractivity contribution < 1.29 is 24.4 Å². The number of thioether (sulfide) groups is 1. The summed E-state index contributed by atoms with van der Waals surface area (Å²) in [5.41, 5.74) is 0.258. The van der Waals surface area contributed by atoms with E-state index < -0.39 is 27.5 Å². The van der Waals surface area contributed by atoms with Gasteiger partial charge in [-0.2, -0.15) is 0 Å². The summed E-state index contributed by atoms with van der Waals surface area (Å²) in [6, 6.07) is 9.20. The van der Waals surface area contributed by atoms with Crippen molar-refractivity contribution in [1.29, 1.82) is 0 Å². The minimum absolute atomic E-state index is 0.0369. The molecule has 28 heavy (non-hydrogen) atoms. The van der Waals surface area contributed by atoms with Crippen LogP contribution in [0.15, 0.2) is 41.3 Å². The van der Waals surface area contributed by atoms with Gasteiger partial charge >= 0.3 is 5.69 Å². The Bertz CT molecular complexity index is 1010. The summed E-state index contributed by atoms with van der Waals surface area (Å²) in [6.07, 6.45) is 1.24. The number of ether oxygens (including phenoxy) is 1. The first-order valence-electron chi connectivity index (χ1n) is 7.86. The molecule has 0 atom stereocenters. The minimum Gasteiger partial charge on any atom is -0.504 e. The van der Waals surface area contributed by atoms with Crippen molar-refractivity contribution in [3.8, 4) is 11.5 Å². The number of imide groups is 1. The van der Waals surface area contributed by atoms with E-state index in [1.54, 1.807) is 24.3 Å². The van der Waals surface area contributed by atoms with Crippen LogP contribution in [0.5, 0.6) is 11.5 Å². The van der Waals surface area contributed by atoms with Gasteiger partial charge in [-0.3, -0.25) is 24.6 Å². The molecule has 1 aliphatic rings. The maximum Gasteiger partial charge on any atom is 0.322 e. The molecule has 0 aromatic heterocycles. The number of amides is 2. The molecule has 144 valence electrons. The number of rotatable bonds is 5. The molecule has 3 rings (SSSR count). The van der Waals surface area contributed by atoms with Gasteiger partial charge in [-0.1, -0.05) is 23.7 Å². The number of carbonyl (C=O) groups is 2. The summed E-state index contributed by atoms with van der Waals surface area (Å²) in [5, 5.41) is 21.2. The van der Waals surface area contributed by atoms with E-state index in [4.69, 9.17) is 16.3 Å². The highest BCUT2D eigenvalue weighted by molar-refractivity contribution is 8.18. The Labute approximate surface area is 168 Å². The summed E-state index contributed by atoms with van der Waals surface area (Å²) in [4.78, 5) is 36.7. The van der Waals surface area contributed by atoms with Gasteiger partial charge in [0.25, 0.3) is 11.1 Å². The highest BCUT2D eigenvalue weighted by Crippen LogP contribution is 2.41. The highest BCUT2D eigenvalue weighted by Gasteiger charge is 2.36. The maximum atomic E-state index is 12.6. The third kappa shape index (κ3) is 3.80. The number of aromatic hydroxyl groups is 1. The van der Waals surface area contributed by atoms with E-state index in [-0.39, 0.29) is 22.8 Å². The molecule has 0 radical (unpaired) electrons.